The minimum atomic E-state index is -0.570. The number of halogens is 1. The average molecular weight is 246 g/mol. The zero-order valence-corrected chi connectivity index (χ0v) is 9.47. The number of rotatable bonds is 4. The van der Waals surface area contributed by atoms with Gasteiger partial charge in [0.1, 0.15) is 12.4 Å². The summed E-state index contributed by atoms with van der Waals surface area (Å²) >= 11 is 0. The Labute approximate surface area is 103 Å². The van der Waals surface area contributed by atoms with Gasteiger partial charge >= 0.3 is 0 Å². The lowest BCUT2D eigenvalue weighted by atomic mass is 10.1. The van der Waals surface area contributed by atoms with E-state index in [1.165, 1.54) is 18.3 Å². The van der Waals surface area contributed by atoms with Crippen LogP contribution in [0.15, 0.2) is 42.6 Å². The van der Waals surface area contributed by atoms with Crippen molar-refractivity contribution in [3.63, 3.8) is 0 Å². The third kappa shape index (κ3) is 2.82. The van der Waals surface area contributed by atoms with Crippen molar-refractivity contribution in [1.29, 1.82) is 0 Å². The molecule has 0 fully saturated rings. The van der Waals surface area contributed by atoms with Gasteiger partial charge in [-0.15, -0.1) is 0 Å². The molecule has 18 heavy (non-hydrogen) atoms. The van der Waals surface area contributed by atoms with E-state index in [9.17, 15) is 9.18 Å². The summed E-state index contributed by atoms with van der Waals surface area (Å²) in [5, 5.41) is 0. The molecule has 92 valence electrons. The first-order valence-corrected chi connectivity index (χ1v) is 5.29. The van der Waals surface area contributed by atoms with Crippen LogP contribution in [-0.4, -0.2) is 10.9 Å². The van der Waals surface area contributed by atoms with Crippen molar-refractivity contribution in [2.24, 2.45) is 5.73 Å². The standard InChI is InChI=1S/C13H11FN2O2/c14-12-6-5-10(7-16-12)18-8-9-3-1-2-4-11(9)13(15)17/h1-7H,8H2,(H2,15,17). The summed E-state index contributed by atoms with van der Waals surface area (Å²) < 4.78 is 18.0. The van der Waals surface area contributed by atoms with Gasteiger partial charge in [-0.05, 0) is 18.2 Å². The number of pyridine rings is 1. The van der Waals surface area contributed by atoms with Gasteiger partial charge in [0.15, 0.2) is 0 Å². The van der Waals surface area contributed by atoms with Gasteiger partial charge in [-0.1, -0.05) is 18.2 Å². The van der Waals surface area contributed by atoms with Gasteiger partial charge in [-0.25, -0.2) is 4.98 Å². The number of carbonyl (C=O) groups is 1. The van der Waals surface area contributed by atoms with E-state index in [0.29, 0.717) is 16.9 Å². The van der Waals surface area contributed by atoms with E-state index in [2.05, 4.69) is 4.98 Å². The highest BCUT2D eigenvalue weighted by Gasteiger charge is 2.07. The SMILES string of the molecule is NC(=O)c1ccccc1COc1ccc(F)nc1. The Kier molecular flexibility index (Phi) is 3.52. The van der Waals surface area contributed by atoms with Crippen molar-refractivity contribution in [2.75, 3.05) is 0 Å². The van der Waals surface area contributed by atoms with E-state index in [1.807, 2.05) is 0 Å². The van der Waals surface area contributed by atoms with Gasteiger partial charge in [0.25, 0.3) is 0 Å². The van der Waals surface area contributed by atoms with Crippen molar-refractivity contribution in [3.8, 4) is 5.75 Å². The second-order valence-corrected chi connectivity index (χ2v) is 3.63. The van der Waals surface area contributed by atoms with Crippen molar-refractivity contribution in [2.45, 2.75) is 6.61 Å². The Morgan fingerprint density at radius 2 is 2.06 bits per heavy atom. The van der Waals surface area contributed by atoms with Crippen LogP contribution in [0.5, 0.6) is 5.75 Å². The number of amides is 1. The molecule has 0 spiro atoms. The van der Waals surface area contributed by atoms with Crippen LogP contribution < -0.4 is 10.5 Å². The van der Waals surface area contributed by atoms with Gasteiger partial charge in [-0.3, -0.25) is 4.79 Å². The number of aromatic nitrogens is 1. The van der Waals surface area contributed by atoms with Gasteiger partial charge in [-0.2, -0.15) is 4.39 Å². The predicted molar refractivity (Wildman–Crippen MR) is 63.5 cm³/mol. The summed E-state index contributed by atoms with van der Waals surface area (Å²) in [6.45, 7) is 0.173. The molecule has 0 bridgehead atoms. The molecule has 1 aromatic heterocycles. The van der Waals surface area contributed by atoms with Crippen LogP contribution in [0.2, 0.25) is 0 Å². The fourth-order valence-electron chi connectivity index (χ4n) is 1.50. The van der Waals surface area contributed by atoms with Crippen LogP contribution >= 0.6 is 0 Å². The lowest BCUT2D eigenvalue weighted by Gasteiger charge is -2.08. The van der Waals surface area contributed by atoms with Crippen LogP contribution in [0.3, 0.4) is 0 Å². The molecule has 0 radical (unpaired) electrons. The zero-order valence-electron chi connectivity index (χ0n) is 9.47. The second-order valence-electron chi connectivity index (χ2n) is 3.63. The van der Waals surface area contributed by atoms with Crippen LogP contribution in [0.1, 0.15) is 15.9 Å². The number of hydrogen-bond acceptors (Lipinski definition) is 3. The van der Waals surface area contributed by atoms with Gasteiger partial charge in [0.05, 0.1) is 6.20 Å². The highest BCUT2D eigenvalue weighted by atomic mass is 19.1. The highest BCUT2D eigenvalue weighted by Crippen LogP contribution is 2.14. The van der Waals surface area contributed by atoms with Crippen molar-refractivity contribution in [3.05, 3.63) is 59.7 Å². The number of carbonyl (C=O) groups excluding carboxylic acids is 1. The zero-order chi connectivity index (χ0) is 13.0. The fraction of sp³-hybridized carbons (Fsp3) is 0.0769. The van der Waals surface area contributed by atoms with Crippen LogP contribution in [0.4, 0.5) is 4.39 Å². The summed E-state index contributed by atoms with van der Waals surface area (Å²) in [6.07, 6.45) is 1.28. The quantitative estimate of drug-likeness (QED) is 0.838. The van der Waals surface area contributed by atoms with E-state index < -0.39 is 11.9 Å². The van der Waals surface area contributed by atoms with Crippen LogP contribution in [0.25, 0.3) is 0 Å². The van der Waals surface area contributed by atoms with Gasteiger partial charge in [0, 0.05) is 11.1 Å². The second kappa shape index (κ2) is 5.27. The number of nitrogens with zero attached hydrogens (tertiary/aromatic N) is 1. The third-order valence-electron chi connectivity index (χ3n) is 2.38. The maximum atomic E-state index is 12.6. The molecular formula is C13H11FN2O2. The molecule has 0 unspecified atom stereocenters. The number of nitrogens with two attached hydrogens (primary N) is 1. The Balaban J connectivity index is 2.10. The minimum absolute atomic E-state index is 0.173. The van der Waals surface area contributed by atoms with Crippen molar-refractivity contribution in [1.82, 2.24) is 4.98 Å². The number of ether oxygens (including phenoxy) is 1. The van der Waals surface area contributed by atoms with E-state index in [0.717, 1.165) is 0 Å². The number of hydrogen-bond donors (Lipinski definition) is 1. The summed E-state index contributed by atoms with van der Waals surface area (Å²) in [4.78, 5) is 14.6. The molecule has 0 saturated heterocycles. The molecule has 2 rings (SSSR count). The molecule has 0 aliphatic heterocycles. The topological polar surface area (TPSA) is 65.2 Å². The van der Waals surface area contributed by atoms with Crippen LogP contribution in [0, 0.1) is 5.95 Å². The lowest BCUT2D eigenvalue weighted by Crippen LogP contribution is -2.14. The number of benzene rings is 1. The molecule has 2 aromatic rings. The summed E-state index contributed by atoms with van der Waals surface area (Å²) in [5.41, 5.74) is 6.33. The average Bonchev–Trinajstić information content (AvgIpc) is 2.38. The normalized spacial score (nSPS) is 10.1. The lowest BCUT2D eigenvalue weighted by molar-refractivity contribution is 0.0998. The van der Waals surface area contributed by atoms with Crippen molar-refractivity contribution >= 4 is 5.91 Å². The number of primary amides is 1. The van der Waals surface area contributed by atoms with E-state index in [4.69, 9.17) is 10.5 Å². The Morgan fingerprint density at radius 1 is 1.28 bits per heavy atom. The molecule has 0 aliphatic carbocycles. The maximum Gasteiger partial charge on any atom is 0.249 e. The third-order valence-corrected chi connectivity index (χ3v) is 2.38. The molecule has 1 amide bonds. The summed E-state index contributed by atoms with van der Waals surface area (Å²) in [5.74, 6) is -0.651. The Hall–Kier alpha value is -2.43. The molecule has 0 aliphatic rings. The van der Waals surface area contributed by atoms with E-state index in [-0.39, 0.29) is 6.61 Å². The molecule has 2 N–H and O–H groups in total. The first-order chi connectivity index (χ1) is 8.66. The fourth-order valence-corrected chi connectivity index (χ4v) is 1.50. The van der Waals surface area contributed by atoms with Gasteiger partial charge < -0.3 is 10.5 Å². The Bertz CT molecular complexity index is 555. The molecule has 0 atom stereocenters. The highest BCUT2D eigenvalue weighted by molar-refractivity contribution is 5.94. The predicted octanol–water partition coefficient (Wildman–Crippen LogP) is 1.90. The molecule has 1 aromatic carbocycles. The van der Waals surface area contributed by atoms with Crippen molar-refractivity contribution < 1.29 is 13.9 Å². The minimum Gasteiger partial charge on any atom is -0.487 e. The molecule has 0 saturated carbocycles. The first-order valence-electron chi connectivity index (χ1n) is 5.29. The van der Waals surface area contributed by atoms with Crippen LogP contribution in [-0.2, 0) is 6.61 Å². The first kappa shape index (κ1) is 12.0. The van der Waals surface area contributed by atoms with Gasteiger partial charge in [0.2, 0.25) is 11.9 Å². The van der Waals surface area contributed by atoms with E-state index >= 15 is 0 Å². The Morgan fingerprint density at radius 3 is 2.72 bits per heavy atom. The molecular weight excluding hydrogens is 235 g/mol. The smallest absolute Gasteiger partial charge is 0.249 e. The summed E-state index contributed by atoms with van der Waals surface area (Å²) in [7, 11) is 0. The molecule has 1 heterocycles. The molecule has 5 heteroatoms. The monoisotopic (exact) mass is 246 g/mol. The van der Waals surface area contributed by atoms with E-state index in [1.54, 1.807) is 24.3 Å². The summed E-state index contributed by atoms with van der Waals surface area (Å²) in [6, 6.07) is 9.56. The molecule has 4 nitrogen and oxygen atoms in total. The maximum absolute atomic E-state index is 12.6. The largest absolute Gasteiger partial charge is 0.487 e.